The van der Waals surface area contributed by atoms with Crippen LogP contribution in [0.2, 0.25) is 0 Å². The first-order valence-corrected chi connectivity index (χ1v) is 15.6. The minimum atomic E-state index is -3.23. The zero-order valence-corrected chi connectivity index (χ0v) is 23.0. The molecule has 5 rings (SSSR count). The second-order valence-corrected chi connectivity index (χ2v) is 13.1. The van der Waals surface area contributed by atoms with E-state index >= 15 is 0 Å². The summed E-state index contributed by atoms with van der Waals surface area (Å²) in [5.74, 6) is 1.54. The molecule has 0 saturated carbocycles. The fraction of sp³-hybridized carbons (Fsp3) is 0.500. The fourth-order valence-electron chi connectivity index (χ4n) is 6.13. The molecule has 2 aromatic carbocycles. The number of sulfonamides is 1. The maximum absolute atomic E-state index is 12.9. The Kier molecular flexibility index (Phi) is 7.84. The molecule has 2 saturated heterocycles. The number of fused-ring (bicyclic) bond motifs is 1. The number of nitrogens with zero attached hydrogens (tertiary/aromatic N) is 3. The quantitative estimate of drug-likeness (QED) is 0.375. The normalized spacial score (nSPS) is 19.2. The minimum Gasteiger partial charge on any atom is -0.492 e. The first-order valence-electron chi connectivity index (χ1n) is 13.7. The Morgan fingerprint density at radius 2 is 1.76 bits per heavy atom. The van der Waals surface area contributed by atoms with Crippen molar-refractivity contribution in [3.05, 3.63) is 65.9 Å². The zero-order chi connectivity index (χ0) is 25.9. The summed E-state index contributed by atoms with van der Waals surface area (Å²) in [4.78, 5) is 7.10. The van der Waals surface area contributed by atoms with Gasteiger partial charge in [0.25, 0.3) is 10.0 Å². The molecule has 0 atom stereocenters. The van der Waals surface area contributed by atoms with Crippen LogP contribution in [0.25, 0.3) is 10.9 Å². The fourth-order valence-corrected chi connectivity index (χ4v) is 7.55. The van der Waals surface area contributed by atoms with E-state index in [1.165, 1.54) is 11.8 Å². The number of aromatic nitrogens is 1. The van der Waals surface area contributed by atoms with Crippen molar-refractivity contribution in [2.24, 2.45) is 5.92 Å². The predicted octanol–water partition coefficient (Wildman–Crippen LogP) is 5.33. The van der Waals surface area contributed by atoms with Crippen LogP contribution in [0.5, 0.6) is 5.75 Å². The van der Waals surface area contributed by atoms with E-state index in [-0.39, 0.29) is 3.89 Å². The maximum atomic E-state index is 12.9. The summed E-state index contributed by atoms with van der Waals surface area (Å²) in [5.41, 5.74) is 4.22. The monoisotopic (exact) mass is 522 g/mol. The molecule has 0 aliphatic carbocycles. The van der Waals surface area contributed by atoms with Crippen LogP contribution in [0.1, 0.15) is 43.4 Å². The molecule has 0 spiro atoms. The molecular weight excluding hydrogens is 482 g/mol. The Balaban J connectivity index is 1.14. The highest BCUT2D eigenvalue weighted by Crippen LogP contribution is 2.34. The number of piperidine rings is 2. The number of rotatable bonds is 8. The van der Waals surface area contributed by atoms with Crippen molar-refractivity contribution in [2.75, 3.05) is 45.6 Å². The van der Waals surface area contributed by atoms with Crippen molar-refractivity contribution in [3.8, 4) is 5.75 Å². The van der Waals surface area contributed by atoms with Crippen LogP contribution in [-0.2, 0) is 16.4 Å². The number of hydrogen-bond acceptors (Lipinski definition) is 5. The maximum Gasteiger partial charge on any atom is 0.298 e. The number of ether oxygens (including phenoxy) is 1. The molecule has 0 amide bonds. The largest absolute Gasteiger partial charge is 0.492 e. The van der Waals surface area contributed by atoms with E-state index in [0.29, 0.717) is 25.6 Å². The molecule has 2 aliphatic rings. The highest BCUT2D eigenvalue weighted by atomic mass is 32.2. The first-order chi connectivity index (χ1) is 17.8. The van der Waals surface area contributed by atoms with Crippen LogP contribution in [-0.4, -0.2) is 63.9 Å². The molecule has 1 aromatic heterocycles. The number of benzene rings is 2. The summed E-state index contributed by atoms with van der Waals surface area (Å²) in [6.07, 6.45) is 7.80. The Morgan fingerprint density at radius 3 is 2.51 bits per heavy atom. The van der Waals surface area contributed by atoms with E-state index in [2.05, 4.69) is 34.1 Å². The van der Waals surface area contributed by atoms with Crippen molar-refractivity contribution in [2.45, 2.75) is 45.4 Å². The molecular formula is C30H40N3O3S+. The van der Waals surface area contributed by atoms with Crippen LogP contribution in [0.15, 0.2) is 54.6 Å². The van der Waals surface area contributed by atoms with Gasteiger partial charge in [-0.1, -0.05) is 18.2 Å². The lowest BCUT2D eigenvalue weighted by Crippen LogP contribution is -2.56. The van der Waals surface area contributed by atoms with Gasteiger partial charge in [-0.15, -0.1) is 0 Å². The number of quaternary nitrogens is 1. The summed E-state index contributed by atoms with van der Waals surface area (Å²) in [6.45, 7) is 7.14. The van der Waals surface area contributed by atoms with Gasteiger partial charge in [-0.05, 0) is 94.3 Å². The average molecular weight is 523 g/mol. The lowest BCUT2D eigenvalue weighted by molar-refractivity contribution is 0.155. The summed E-state index contributed by atoms with van der Waals surface area (Å²) in [6, 6.07) is 18.6. The Hall–Kier alpha value is -2.48. The van der Waals surface area contributed by atoms with E-state index in [0.717, 1.165) is 86.2 Å². The van der Waals surface area contributed by atoms with Crippen molar-refractivity contribution in [1.82, 2.24) is 13.8 Å². The molecule has 0 radical (unpaired) electrons. The van der Waals surface area contributed by atoms with Gasteiger partial charge in [-0.3, -0.25) is 9.88 Å². The first kappa shape index (κ1) is 26.1. The second kappa shape index (κ2) is 11.1. The molecule has 6 nitrogen and oxygen atoms in total. The molecule has 37 heavy (non-hydrogen) atoms. The molecule has 7 heteroatoms. The van der Waals surface area contributed by atoms with Gasteiger partial charge in [0.2, 0.25) is 0 Å². The van der Waals surface area contributed by atoms with Crippen LogP contribution < -0.4 is 8.63 Å². The molecule has 2 fully saturated rings. The summed E-state index contributed by atoms with van der Waals surface area (Å²) >= 11 is 0. The van der Waals surface area contributed by atoms with Crippen LogP contribution in [0, 0.1) is 12.8 Å². The molecule has 3 aromatic rings. The van der Waals surface area contributed by atoms with Crippen LogP contribution in [0.4, 0.5) is 5.69 Å². The van der Waals surface area contributed by atoms with Gasteiger partial charge in [0, 0.05) is 29.8 Å². The van der Waals surface area contributed by atoms with Crippen LogP contribution in [0.3, 0.4) is 0 Å². The van der Waals surface area contributed by atoms with E-state index in [1.54, 1.807) is 0 Å². The number of hydrogen-bond donors (Lipinski definition) is 0. The van der Waals surface area contributed by atoms with E-state index in [9.17, 15) is 8.42 Å². The summed E-state index contributed by atoms with van der Waals surface area (Å²) in [5, 5.41) is 1.07. The topological polar surface area (TPSA) is 59.5 Å². The molecule has 0 N–H and O–H groups in total. The Bertz CT molecular complexity index is 1330. The van der Waals surface area contributed by atoms with Crippen molar-refractivity contribution in [1.29, 1.82) is 0 Å². The minimum absolute atomic E-state index is 0.117. The number of aryl methyl sites for hydroxylation is 1. The third-order valence-corrected chi connectivity index (χ3v) is 10.1. The zero-order valence-electron chi connectivity index (χ0n) is 22.2. The predicted molar refractivity (Wildman–Crippen MR) is 152 cm³/mol. The van der Waals surface area contributed by atoms with E-state index < -0.39 is 10.0 Å². The molecule has 0 unspecified atom stereocenters. The van der Waals surface area contributed by atoms with Gasteiger partial charge >= 0.3 is 0 Å². The Morgan fingerprint density at radius 1 is 1.00 bits per heavy atom. The van der Waals surface area contributed by atoms with Gasteiger partial charge in [0.05, 0.1) is 24.9 Å². The average Bonchev–Trinajstić information content (AvgIpc) is 2.89. The van der Waals surface area contributed by atoms with Gasteiger partial charge in [0.15, 0.2) is 0 Å². The van der Waals surface area contributed by atoms with E-state index in [4.69, 9.17) is 4.74 Å². The third kappa shape index (κ3) is 5.84. The van der Waals surface area contributed by atoms with Gasteiger partial charge < -0.3 is 4.74 Å². The van der Waals surface area contributed by atoms with Gasteiger partial charge in [0.1, 0.15) is 18.0 Å². The second-order valence-electron chi connectivity index (χ2n) is 10.9. The summed E-state index contributed by atoms with van der Waals surface area (Å²) in [7, 11) is -3.23. The summed E-state index contributed by atoms with van der Waals surface area (Å²) < 4.78 is 32.0. The van der Waals surface area contributed by atoms with Crippen LogP contribution >= 0.6 is 0 Å². The lowest BCUT2D eigenvalue weighted by Gasteiger charge is -2.38. The van der Waals surface area contributed by atoms with Crippen molar-refractivity contribution < 1.29 is 13.2 Å². The van der Waals surface area contributed by atoms with Gasteiger partial charge in [-0.25, -0.2) is 0 Å². The lowest BCUT2D eigenvalue weighted by atomic mass is 9.90. The SMILES string of the molecule is Cc1ccc2c(OCCN3CCC(Cc4cccc([N+]5(S(C)(=O)=O)CCCCC5)c4)CC3)cccc2n1. The molecule has 198 valence electrons. The third-order valence-electron chi connectivity index (χ3n) is 8.28. The number of likely N-dealkylation sites (tertiary alicyclic amines) is 1. The van der Waals surface area contributed by atoms with Gasteiger partial charge in [-0.2, -0.15) is 12.3 Å². The Labute approximate surface area is 221 Å². The number of pyridine rings is 1. The molecule has 2 aliphatic heterocycles. The highest BCUT2D eigenvalue weighted by molar-refractivity contribution is 7.90. The van der Waals surface area contributed by atoms with E-state index in [1.807, 2.05) is 37.3 Å². The highest BCUT2D eigenvalue weighted by Gasteiger charge is 2.42. The molecule has 0 bridgehead atoms. The smallest absolute Gasteiger partial charge is 0.298 e. The van der Waals surface area contributed by atoms with Crippen molar-refractivity contribution in [3.63, 3.8) is 0 Å². The standard InChI is InChI=1S/C30H40N3O3S/c1-24-12-13-28-29(31-24)10-7-11-30(28)36-21-18-32-16-14-25(15-17-32)22-26-8-6-9-27(23-26)33(37(2,34)35)19-4-3-5-20-33/h6-13,23,25H,3-5,14-22H2,1-2H3/q+1. The van der Waals surface area contributed by atoms with Crippen molar-refractivity contribution >= 4 is 26.6 Å². The molecule has 3 heterocycles.